The zero-order chi connectivity index (χ0) is 16.2. The Morgan fingerprint density at radius 3 is 2.65 bits per heavy atom. The molecule has 23 heavy (non-hydrogen) atoms. The van der Waals surface area contributed by atoms with E-state index in [1.54, 1.807) is 0 Å². The fourth-order valence-electron chi connectivity index (χ4n) is 3.30. The Balaban J connectivity index is 1.76. The molecule has 2 atom stereocenters. The van der Waals surface area contributed by atoms with E-state index in [1.807, 2.05) is 48.5 Å². The second kappa shape index (κ2) is 7.02. The molecule has 0 amide bonds. The van der Waals surface area contributed by atoms with E-state index in [-0.39, 0.29) is 11.8 Å². The molecule has 2 unspecified atom stereocenters. The summed E-state index contributed by atoms with van der Waals surface area (Å²) in [4.78, 5) is 2.26. The van der Waals surface area contributed by atoms with Crippen LogP contribution in [0.3, 0.4) is 0 Å². The van der Waals surface area contributed by atoms with Gasteiger partial charge in [0.2, 0.25) is 0 Å². The number of rotatable bonds is 5. The minimum absolute atomic E-state index is 0.198. The van der Waals surface area contributed by atoms with Gasteiger partial charge in [0.05, 0.1) is 0 Å². The molecule has 2 aromatic carbocycles. The van der Waals surface area contributed by atoms with Crippen molar-refractivity contribution in [1.82, 2.24) is 4.90 Å². The average Bonchev–Trinajstić information content (AvgIpc) is 2.96. The number of nitrogens with two attached hydrogens (primary N) is 1. The molecule has 4 nitrogen and oxygen atoms in total. The number of ether oxygens (including phenoxy) is 1. The third-order valence-electron chi connectivity index (χ3n) is 4.59. The number of phenolic OH excluding ortho intramolecular Hbond substituents is 1. The van der Waals surface area contributed by atoms with Crippen LogP contribution in [0.25, 0.3) is 0 Å². The molecule has 0 aromatic heterocycles. The number of hydrogen-bond donors (Lipinski definition) is 2. The lowest BCUT2D eigenvalue weighted by Gasteiger charge is -2.21. The molecule has 3 N–H and O–H groups in total. The number of phenols is 1. The van der Waals surface area contributed by atoms with Crippen LogP contribution in [-0.4, -0.2) is 30.1 Å². The molecule has 1 aliphatic rings. The topological polar surface area (TPSA) is 58.7 Å². The quantitative estimate of drug-likeness (QED) is 0.891. The van der Waals surface area contributed by atoms with E-state index in [1.165, 1.54) is 0 Å². The van der Waals surface area contributed by atoms with Crippen molar-refractivity contribution in [3.8, 4) is 11.5 Å². The maximum Gasteiger partial charge on any atom is 0.162 e. The SMILES string of the molecule is CN1CC(CN)CC1c1cccc(OCc2ccccc2)c1O. The van der Waals surface area contributed by atoms with Crippen LogP contribution in [0.15, 0.2) is 48.5 Å². The van der Waals surface area contributed by atoms with Crippen LogP contribution in [0.5, 0.6) is 11.5 Å². The molecular formula is C19H24N2O2. The van der Waals surface area contributed by atoms with E-state index >= 15 is 0 Å². The Labute approximate surface area is 137 Å². The summed E-state index contributed by atoms with van der Waals surface area (Å²) >= 11 is 0. The van der Waals surface area contributed by atoms with Crippen molar-refractivity contribution in [3.05, 3.63) is 59.7 Å². The molecule has 122 valence electrons. The van der Waals surface area contributed by atoms with Crippen molar-refractivity contribution in [2.75, 3.05) is 20.1 Å². The molecule has 1 heterocycles. The summed E-state index contributed by atoms with van der Waals surface area (Å²) in [6, 6.07) is 15.9. The van der Waals surface area contributed by atoms with E-state index in [4.69, 9.17) is 10.5 Å². The molecule has 4 heteroatoms. The number of benzene rings is 2. The van der Waals surface area contributed by atoms with Crippen LogP contribution >= 0.6 is 0 Å². The van der Waals surface area contributed by atoms with E-state index in [2.05, 4.69) is 11.9 Å². The van der Waals surface area contributed by atoms with Gasteiger partial charge in [0.15, 0.2) is 11.5 Å². The maximum absolute atomic E-state index is 10.6. The highest BCUT2D eigenvalue weighted by atomic mass is 16.5. The first-order chi connectivity index (χ1) is 11.2. The lowest BCUT2D eigenvalue weighted by atomic mass is 9.99. The third-order valence-corrected chi connectivity index (χ3v) is 4.59. The molecule has 1 saturated heterocycles. The Morgan fingerprint density at radius 2 is 1.96 bits per heavy atom. The van der Waals surface area contributed by atoms with Gasteiger partial charge in [0.25, 0.3) is 0 Å². The number of likely N-dealkylation sites (tertiary alicyclic amines) is 1. The number of aromatic hydroxyl groups is 1. The van der Waals surface area contributed by atoms with E-state index < -0.39 is 0 Å². The fraction of sp³-hybridized carbons (Fsp3) is 0.368. The lowest BCUT2D eigenvalue weighted by Crippen LogP contribution is -2.20. The van der Waals surface area contributed by atoms with E-state index in [0.717, 1.165) is 24.1 Å². The first kappa shape index (κ1) is 15.8. The highest BCUT2D eigenvalue weighted by Gasteiger charge is 2.31. The summed E-state index contributed by atoms with van der Waals surface area (Å²) in [6.07, 6.45) is 0.975. The minimum Gasteiger partial charge on any atom is -0.504 e. The second-order valence-corrected chi connectivity index (χ2v) is 6.26. The van der Waals surface area contributed by atoms with Gasteiger partial charge >= 0.3 is 0 Å². The molecule has 1 aliphatic heterocycles. The highest BCUT2D eigenvalue weighted by molar-refractivity contribution is 5.47. The van der Waals surface area contributed by atoms with Crippen molar-refractivity contribution in [2.24, 2.45) is 11.7 Å². The third kappa shape index (κ3) is 3.49. The summed E-state index contributed by atoms with van der Waals surface area (Å²) in [5, 5.41) is 10.6. The summed E-state index contributed by atoms with van der Waals surface area (Å²) in [7, 11) is 2.08. The highest BCUT2D eigenvalue weighted by Crippen LogP contribution is 2.41. The summed E-state index contributed by atoms with van der Waals surface area (Å²) in [6.45, 7) is 2.10. The van der Waals surface area contributed by atoms with Gasteiger partial charge in [-0.3, -0.25) is 4.90 Å². The first-order valence-electron chi connectivity index (χ1n) is 8.08. The first-order valence-corrected chi connectivity index (χ1v) is 8.08. The largest absolute Gasteiger partial charge is 0.504 e. The molecule has 0 saturated carbocycles. The van der Waals surface area contributed by atoms with Crippen molar-refractivity contribution < 1.29 is 9.84 Å². The minimum atomic E-state index is 0.198. The van der Waals surface area contributed by atoms with Gasteiger partial charge in [0, 0.05) is 18.2 Å². The Kier molecular flexibility index (Phi) is 4.84. The smallest absolute Gasteiger partial charge is 0.162 e. The molecule has 3 rings (SSSR count). The van der Waals surface area contributed by atoms with E-state index in [0.29, 0.717) is 24.8 Å². The monoisotopic (exact) mass is 312 g/mol. The maximum atomic E-state index is 10.6. The summed E-state index contributed by atoms with van der Waals surface area (Å²) < 4.78 is 5.82. The van der Waals surface area contributed by atoms with Crippen molar-refractivity contribution in [3.63, 3.8) is 0 Å². The van der Waals surface area contributed by atoms with Gasteiger partial charge in [0.1, 0.15) is 6.61 Å². The van der Waals surface area contributed by atoms with Gasteiger partial charge in [-0.1, -0.05) is 42.5 Å². The van der Waals surface area contributed by atoms with Crippen LogP contribution in [0.2, 0.25) is 0 Å². The zero-order valence-electron chi connectivity index (χ0n) is 13.5. The number of hydrogen-bond acceptors (Lipinski definition) is 4. The van der Waals surface area contributed by atoms with Crippen LogP contribution < -0.4 is 10.5 Å². The summed E-state index contributed by atoms with van der Waals surface area (Å²) in [5.74, 6) is 1.27. The molecular weight excluding hydrogens is 288 g/mol. The van der Waals surface area contributed by atoms with E-state index in [9.17, 15) is 5.11 Å². The van der Waals surface area contributed by atoms with Gasteiger partial charge < -0.3 is 15.6 Å². The van der Waals surface area contributed by atoms with Crippen LogP contribution in [0.4, 0.5) is 0 Å². The lowest BCUT2D eigenvalue weighted by molar-refractivity contribution is 0.277. The van der Waals surface area contributed by atoms with Crippen molar-refractivity contribution in [2.45, 2.75) is 19.1 Å². The average molecular weight is 312 g/mol. The molecule has 2 aromatic rings. The Hall–Kier alpha value is -2.04. The fourth-order valence-corrected chi connectivity index (χ4v) is 3.30. The Morgan fingerprint density at radius 1 is 1.17 bits per heavy atom. The van der Waals surface area contributed by atoms with Gasteiger partial charge in [-0.15, -0.1) is 0 Å². The normalized spacial score (nSPS) is 21.5. The van der Waals surface area contributed by atoms with Gasteiger partial charge in [-0.25, -0.2) is 0 Å². The van der Waals surface area contributed by atoms with Gasteiger partial charge in [-0.2, -0.15) is 0 Å². The van der Waals surface area contributed by atoms with Crippen LogP contribution in [0.1, 0.15) is 23.6 Å². The van der Waals surface area contributed by atoms with Crippen molar-refractivity contribution in [1.29, 1.82) is 0 Å². The number of nitrogens with zero attached hydrogens (tertiary/aromatic N) is 1. The predicted molar refractivity (Wildman–Crippen MR) is 91.4 cm³/mol. The number of para-hydroxylation sites is 1. The molecule has 0 radical (unpaired) electrons. The zero-order valence-corrected chi connectivity index (χ0v) is 13.5. The molecule has 0 bridgehead atoms. The predicted octanol–water partition coefficient (Wildman–Crippen LogP) is 2.92. The standard InChI is InChI=1S/C19H24N2O2/c1-21-12-15(11-20)10-17(21)16-8-5-9-18(19(16)22)23-13-14-6-3-2-4-7-14/h2-9,15,17,22H,10-13,20H2,1H3. The molecule has 0 aliphatic carbocycles. The van der Waals surface area contributed by atoms with Crippen molar-refractivity contribution >= 4 is 0 Å². The van der Waals surface area contributed by atoms with Gasteiger partial charge in [-0.05, 0) is 37.6 Å². The molecule has 0 spiro atoms. The molecule has 1 fully saturated rings. The van der Waals surface area contributed by atoms with Crippen LogP contribution in [0, 0.1) is 5.92 Å². The second-order valence-electron chi connectivity index (χ2n) is 6.26. The summed E-state index contributed by atoms with van der Waals surface area (Å²) in [5.41, 5.74) is 7.81. The Bertz CT molecular complexity index is 645. The van der Waals surface area contributed by atoms with Crippen LogP contribution in [-0.2, 0) is 6.61 Å².